The summed E-state index contributed by atoms with van der Waals surface area (Å²) in [6.45, 7) is 3.55. The highest BCUT2D eigenvalue weighted by Gasteiger charge is 2.43. The molecule has 1 unspecified atom stereocenters. The molecule has 2 heterocycles. The van der Waals surface area contributed by atoms with E-state index in [0.717, 1.165) is 31.5 Å². The molecular weight excluding hydrogens is 624 g/mol. The first kappa shape index (κ1) is 36.7. The quantitative estimate of drug-likeness (QED) is 0.183. The van der Waals surface area contributed by atoms with Gasteiger partial charge < -0.3 is 45.2 Å². The molecule has 1 atom stereocenters. The van der Waals surface area contributed by atoms with E-state index < -0.39 is 36.4 Å². The lowest BCUT2D eigenvalue weighted by molar-refractivity contribution is -0.170. The number of nitrogens with zero attached hydrogens (tertiary/aromatic N) is 2. The van der Waals surface area contributed by atoms with Crippen LogP contribution < -0.4 is 0 Å². The van der Waals surface area contributed by atoms with Crippen molar-refractivity contribution in [1.82, 2.24) is 9.80 Å². The van der Waals surface area contributed by atoms with Crippen LogP contribution in [0, 0.1) is 5.92 Å². The van der Waals surface area contributed by atoms with Crippen molar-refractivity contribution in [3.8, 4) is 5.75 Å². The van der Waals surface area contributed by atoms with Crippen molar-refractivity contribution in [2.24, 2.45) is 5.92 Å². The molecule has 4 rings (SSSR count). The second-order valence-electron chi connectivity index (χ2n) is 11.7. The first-order valence-corrected chi connectivity index (χ1v) is 15.2. The number of rotatable bonds is 13. The van der Waals surface area contributed by atoms with Crippen LogP contribution in [0.25, 0.3) is 0 Å². The van der Waals surface area contributed by atoms with Gasteiger partial charge in [-0.2, -0.15) is 0 Å². The third-order valence-corrected chi connectivity index (χ3v) is 8.68. The summed E-state index contributed by atoms with van der Waals surface area (Å²) < 4.78 is 6.29. The summed E-state index contributed by atoms with van der Waals surface area (Å²) in [5.41, 5.74) is 0.416. The van der Waals surface area contributed by atoms with Crippen LogP contribution in [0.15, 0.2) is 42.5 Å². The Labute approximate surface area is 271 Å². The third-order valence-electron chi connectivity index (χ3n) is 8.31. The van der Waals surface area contributed by atoms with Crippen LogP contribution in [0.3, 0.4) is 0 Å². The van der Waals surface area contributed by atoms with Gasteiger partial charge in [0.15, 0.2) is 5.60 Å². The van der Waals surface area contributed by atoms with Gasteiger partial charge in [0.2, 0.25) is 5.91 Å². The molecule has 2 aliphatic heterocycles. The summed E-state index contributed by atoms with van der Waals surface area (Å²) in [5.74, 6) is -5.13. The average Bonchev–Trinajstić information content (AvgIpc) is 3.35. The van der Waals surface area contributed by atoms with E-state index in [0.29, 0.717) is 37.6 Å². The Bertz CT molecular complexity index is 1380. The lowest BCUT2D eigenvalue weighted by Gasteiger charge is -2.40. The molecule has 0 radical (unpaired) electrons. The Kier molecular flexibility index (Phi) is 12.9. The zero-order chi connectivity index (χ0) is 34.1. The molecule has 0 aliphatic carbocycles. The summed E-state index contributed by atoms with van der Waals surface area (Å²) in [6.07, 6.45) is 0.515. The van der Waals surface area contributed by atoms with Gasteiger partial charge in [0.1, 0.15) is 5.75 Å². The number of carboxylic acid groups (broad SMARTS) is 3. The van der Waals surface area contributed by atoms with E-state index in [1.165, 1.54) is 11.1 Å². The Hall–Kier alpha value is -3.75. The van der Waals surface area contributed by atoms with Crippen LogP contribution >= 0.6 is 11.6 Å². The van der Waals surface area contributed by atoms with E-state index >= 15 is 0 Å². The predicted octanol–water partition coefficient (Wildman–Crippen LogP) is 2.32. The number of carbonyl (C=O) groups excluding carboxylic acids is 1. The molecule has 2 aliphatic rings. The number of carbonyl (C=O) groups is 4. The number of halogens is 1. The number of benzene rings is 2. The Morgan fingerprint density at radius 1 is 1.04 bits per heavy atom. The second-order valence-corrected chi connectivity index (χ2v) is 12.1. The van der Waals surface area contributed by atoms with Crippen molar-refractivity contribution >= 4 is 35.4 Å². The number of hydrogen-bond donors (Lipinski definition) is 6. The highest BCUT2D eigenvalue weighted by atomic mass is 35.5. The van der Waals surface area contributed by atoms with Gasteiger partial charge >= 0.3 is 17.9 Å². The van der Waals surface area contributed by atoms with Crippen molar-refractivity contribution < 1.29 is 54.6 Å². The number of carboxylic acids is 3. The number of phenols is 1. The summed E-state index contributed by atoms with van der Waals surface area (Å²) >= 11 is 6.38. The largest absolute Gasteiger partial charge is 0.508 e. The molecule has 0 bridgehead atoms. The fourth-order valence-electron chi connectivity index (χ4n) is 5.86. The second kappa shape index (κ2) is 16.2. The zero-order valence-corrected chi connectivity index (χ0v) is 26.4. The smallest absolute Gasteiger partial charge is 0.336 e. The number of hydrogen-bond acceptors (Lipinski definition) is 9. The van der Waals surface area contributed by atoms with Gasteiger partial charge in [-0.05, 0) is 60.6 Å². The Morgan fingerprint density at radius 2 is 1.67 bits per heavy atom. The number of amides is 1. The summed E-state index contributed by atoms with van der Waals surface area (Å²) in [6, 6.07) is 13.3. The summed E-state index contributed by atoms with van der Waals surface area (Å²) in [5, 5.41) is 53.5. The normalized spacial score (nSPS) is 16.2. The minimum absolute atomic E-state index is 0.0330. The molecule has 1 amide bonds. The first-order valence-electron chi connectivity index (χ1n) is 14.9. The van der Waals surface area contributed by atoms with Crippen LogP contribution in [-0.2, 0) is 42.5 Å². The molecule has 1 fully saturated rings. The fourth-order valence-corrected chi connectivity index (χ4v) is 6.06. The highest BCUT2D eigenvalue weighted by Crippen LogP contribution is 2.44. The average molecular weight is 665 g/mol. The molecule has 46 heavy (non-hydrogen) atoms. The maximum Gasteiger partial charge on any atom is 0.336 e. The molecule has 0 saturated carbocycles. The molecular formula is C32H41ClN2O11. The number of likely N-dealkylation sites (tertiary alicyclic amines) is 1. The molecule has 2 aromatic rings. The summed E-state index contributed by atoms with van der Waals surface area (Å²) in [7, 11) is 1.78. The third kappa shape index (κ3) is 9.63. The van der Waals surface area contributed by atoms with Gasteiger partial charge in [-0.25, -0.2) is 4.79 Å². The van der Waals surface area contributed by atoms with Gasteiger partial charge in [-0.15, -0.1) is 0 Å². The van der Waals surface area contributed by atoms with E-state index in [4.69, 9.17) is 41.9 Å². The zero-order valence-electron chi connectivity index (χ0n) is 25.6. The lowest BCUT2D eigenvalue weighted by atomic mass is 9.83. The van der Waals surface area contributed by atoms with Crippen molar-refractivity contribution in [2.75, 3.05) is 39.8 Å². The molecule has 252 valence electrons. The lowest BCUT2D eigenvalue weighted by Crippen LogP contribution is -2.47. The minimum atomic E-state index is -2.74. The number of ether oxygens (including phenoxy) is 1. The Balaban J connectivity index is 0.000000376. The standard InChI is InChI=1S/C26H33ClN2O4.C6H8O7/c1-28(11-4-14-30)25(32)21(15-20-16-22(31)7-8-24(20)27)17-29-12-9-26(10-13-29)23-6-3-2-5-19(23)18-33-26;7-3(8)1-6(13,5(11)12)2-4(9)10/h2-3,5-8,16,21,30-31H,4,9-15,17-18H2,1H3;13H,1-2H2,(H,7,8)(H,9,10)(H,11,12). The van der Waals surface area contributed by atoms with Crippen LogP contribution in [0.5, 0.6) is 5.75 Å². The van der Waals surface area contributed by atoms with Crippen molar-refractivity contribution in [3.05, 3.63) is 64.2 Å². The topological polar surface area (TPSA) is 205 Å². The van der Waals surface area contributed by atoms with E-state index in [1.54, 1.807) is 30.1 Å². The van der Waals surface area contributed by atoms with Crippen LogP contribution in [0.1, 0.15) is 48.8 Å². The van der Waals surface area contributed by atoms with Gasteiger partial charge in [0.25, 0.3) is 0 Å². The number of piperidine rings is 1. The molecule has 1 spiro atoms. The molecule has 0 aromatic heterocycles. The van der Waals surface area contributed by atoms with E-state index in [-0.39, 0.29) is 29.8 Å². The number of aromatic hydroxyl groups is 1. The molecule has 6 N–H and O–H groups in total. The maximum absolute atomic E-state index is 13.3. The number of aliphatic hydroxyl groups is 2. The van der Waals surface area contributed by atoms with Gasteiger partial charge in [-0.1, -0.05) is 35.9 Å². The Morgan fingerprint density at radius 3 is 2.26 bits per heavy atom. The number of aliphatic carboxylic acids is 3. The van der Waals surface area contributed by atoms with Gasteiger partial charge in [-0.3, -0.25) is 14.4 Å². The van der Waals surface area contributed by atoms with Gasteiger partial charge in [0.05, 0.1) is 31.0 Å². The highest BCUT2D eigenvalue weighted by molar-refractivity contribution is 6.31. The maximum atomic E-state index is 13.3. The monoisotopic (exact) mass is 664 g/mol. The van der Waals surface area contributed by atoms with E-state index in [1.807, 2.05) is 0 Å². The summed E-state index contributed by atoms with van der Waals surface area (Å²) in [4.78, 5) is 47.8. The SMILES string of the molecule is CN(CCCO)C(=O)C(Cc1cc(O)ccc1Cl)CN1CCC2(CC1)OCc1ccccc12.O=C(O)CC(O)(CC(=O)O)C(=O)O. The van der Waals surface area contributed by atoms with Crippen molar-refractivity contribution in [1.29, 1.82) is 0 Å². The van der Waals surface area contributed by atoms with Crippen LogP contribution in [0.2, 0.25) is 5.02 Å². The molecule has 2 aromatic carbocycles. The number of phenolic OH excluding ortho intramolecular Hbond substituents is 1. The molecule has 14 heteroatoms. The first-order chi connectivity index (χ1) is 21.7. The van der Waals surface area contributed by atoms with E-state index in [9.17, 15) is 24.3 Å². The van der Waals surface area contributed by atoms with Crippen molar-refractivity contribution in [2.45, 2.75) is 56.3 Å². The van der Waals surface area contributed by atoms with Gasteiger partial charge in [0, 0.05) is 44.9 Å². The number of aliphatic hydroxyl groups excluding tert-OH is 1. The molecule has 1 saturated heterocycles. The fraction of sp³-hybridized carbons (Fsp3) is 0.500. The van der Waals surface area contributed by atoms with Crippen LogP contribution in [-0.4, -0.2) is 110 Å². The molecule has 13 nitrogen and oxygen atoms in total. The van der Waals surface area contributed by atoms with Crippen molar-refractivity contribution in [3.63, 3.8) is 0 Å². The van der Waals surface area contributed by atoms with E-state index in [2.05, 4.69) is 29.2 Å². The number of fused-ring (bicyclic) bond motifs is 2. The predicted molar refractivity (Wildman–Crippen MR) is 165 cm³/mol. The minimum Gasteiger partial charge on any atom is -0.508 e. The van der Waals surface area contributed by atoms with Crippen LogP contribution in [0.4, 0.5) is 0 Å².